The van der Waals surface area contributed by atoms with E-state index in [0.29, 0.717) is 12.2 Å². The van der Waals surface area contributed by atoms with Gasteiger partial charge in [0, 0.05) is 20.6 Å². The zero-order chi connectivity index (χ0) is 10.6. The van der Waals surface area contributed by atoms with Crippen LogP contribution in [0, 0.1) is 0 Å². The van der Waals surface area contributed by atoms with Gasteiger partial charge in [-0.2, -0.15) is 0 Å². The number of rotatable bonds is 5. The van der Waals surface area contributed by atoms with E-state index in [0.717, 1.165) is 0 Å². The number of ether oxygens (including phenoxy) is 2. The second-order valence-corrected chi connectivity index (χ2v) is 3.42. The number of hydrogen-bond donors (Lipinski definition) is 1. The fraction of sp³-hybridized carbons (Fsp3) is 0.600. The third-order valence-corrected chi connectivity index (χ3v) is 2.05. The Morgan fingerprint density at radius 3 is 2.57 bits per heavy atom. The lowest BCUT2D eigenvalue weighted by Gasteiger charge is -2.29. The molecule has 0 aliphatic heterocycles. The monoisotopic (exact) mass is 200 g/mol. The lowest BCUT2D eigenvalue weighted by Crippen LogP contribution is -2.43. The van der Waals surface area contributed by atoms with Gasteiger partial charge in [0.2, 0.25) is 0 Å². The summed E-state index contributed by atoms with van der Waals surface area (Å²) in [4.78, 5) is 0. The van der Waals surface area contributed by atoms with Crippen LogP contribution in [0.2, 0.25) is 0 Å². The summed E-state index contributed by atoms with van der Waals surface area (Å²) in [7, 11) is 2.98. The van der Waals surface area contributed by atoms with Gasteiger partial charge < -0.3 is 19.0 Å². The molecule has 0 aliphatic carbocycles. The molecular formula is C10H16O4. The molecule has 4 nitrogen and oxygen atoms in total. The summed E-state index contributed by atoms with van der Waals surface area (Å²) in [5.41, 5.74) is -1.10. The number of furan rings is 1. The van der Waals surface area contributed by atoms with Crippen LogP contribution in [0.3, 0.4) is 0 Å². The molecule has 4 heteroatoms. The quantitative estimate of drug-likeness (QED) is 0.725. The molecule has 1 unspecified atom stereocenters. The minimum absolute atomic E-state index is 0.354. The minimum atomic E-state index is -1.10. The van der Waals surface area contributed by atoms with Crippen LogP contribution >= 0.6 is 0 Å². The molecule has 0 radical (unpaired) electrons. The van der Waals surface area contributed by atoms with Gasteiger partial charge in [-0.15, -0.1) is 0 Å². The molecule has 1 N–H and O–H groups in total. The molecule has 0 saturated heterocycles. The van der Waals surface area contributed by atoms with Gasteiger partial charge in [0.1, 0.15) is 11.4 Å². The summed E-state index contributed by atoms with van der Waals surface area (Å²) in [6.45, 7) is 1.65. The second-order valence-electron chi connectivity index (χ2n) is 3.42. The second kappa shape index (κ2) is 4.59. The lowest BCUT2D eigenvalue weighted by atomic mass is 10.00. The summed E-state index contributed by atoms with van der Waals surface area (Å²) >= 11 is 0. The summed E-state index contributed by atoms with van der Waals surface area (Å²) in [6.07, 6.45) is 1.26. The third-order valence-electron chi connectivity index (χ3n) is 2.05. The Morgan fingerprint density at radius 1 is 1.50 bits per heavy atom. The van der Waals surface area contributed by atoms with Crippen molar-refractivity contribution in [3.05, 3.63) is 24.2 Å². The molecule has 0 bridgehead atoms. The smallest absolute Gasteiger partial charge is 0.185 e. The number of methoxy groups -OCH3 is 2. The summed E-state index contributed by atoms with van der Waals surface area (Å²) in [5, 5.41) is 10.0. The van der Waals surface area contributed by atoms with Crippen molar-refractivity contribution < 1.29 is 19.0 Å². The maximum Gasteiger partial charge on any atom is 0.185 e. The highest BCUT2D eigenvalue weighted by molar-refractivity contribution is 5.02. The fourth-order valence-corrected chi connectivity index (χ4v) is 1.45. The van der Waals surface area contributed by atoms with Gasteiger partial charge in [-0.3, -0.25) is 0 Å². The molecule has 1 atom stereocenters. The maximum atomic E-state index is 10.0. The van der Waals surface area contributed by atoms with Crippen LogP contribution in [0.25, 0.3) is 0 Å². The average Bonchev–Trinajstić information content (AvgIpc) is 2.57. The van der Waals surface area contributed by atoms with Crippen LogP contribution < -0.4 is 0 Å². The van der Waals surface area contributed by atoms with Crippen molar-refractivity contribution in [1.82, 2.24) is 0 Å². The van der Waals surface area contributed by atoms with E-state index in [1.165, 1.54) is 14.2 Å². The molecule has 1 rings (SSSR count). The lowest BCUT2D eigenvalue weighted by molar-refractivity contribution is -0.208. The van der Waals surface area contributed by atoms with E-state index in [-0.39, 0.29) is 0 Å². The Labute approximate surface area is 83.4 Å². The standard InChI is InChI=1S/C10H16O4/c1-10(11,9(12-2)13-3)7-8-5-4-6-14-8/h4-6,9,11H,7H2,1-3H3. The first-order valence-electron chi connectivity index (χ1n) is 4.40. The van der Waals surface area contributed by atoms with Crippen LogP contribution in [-0.4, -0.2) is 31.2 Å². The van der Waals surface area contributed by atoms with E-state index in [1.54, 1.807) is 25.3 Å². The van der Waals surface area contributed by atoms with Crippen molar-refractivity contribution in [3.8, 4) is 0 Å². The highest BCUT2D eigenvalue weighted by atomic mass is 16.7. The van der Waals surface area contributed by atoms with Gasteiger partial charge in [-0.1, -0.05) is 0 Å². The van der Waals surface area contributed by atoms with Gasteiger partial charge in [0.25, 0.3) is 0 Å². The highest BCUT2D eigenvalue weighted by Gasteiger charge is 2.33. The Morgan fingerprint density at radius 2 is 2.14 bits per heavy atom. The molecule has 1 heterocycles. The number of hydrogen-bond acceptors (Lipinski definition) is 4. The van der Waals surface area contributed by atoms with Gasteiger partial charge in [0.05, 0.1) is 6.26 Å². The SMILES string of the molecule is COC(OC)C(C)(O)Cc1ccco1. The van der Waals surface area contributed by atoms with Crippen molar-refractivity contribution >= 4 is 0 Å². The topological polar surface area (TPSA) is 51.8 Å². The largest absolute Gasteiger partial charge is 0.469 e. The molecule has 1 aromatic rings. The maximum absolute atomic E-state index is 10.0. The summed E-state index contributed by atoms with van der Waals surface area (Å²) in [6, 6.07) is 3.58. The van der Waals surface area contributed by atoms with E-state index in [2.05, 4.69) is 0 Å². The van der Waals surface area contributed by atoms with Crippen molar-refractivity contribution in [2.45, 2.75) is 25.2 Å². The molecule has 0 aromatic carbocycles. The molecule has 0 spiro atoms. The fourth-order valence-electron chi connectivity index (χ4n) is 1.45. The first kappa shape index (κ1) is 11.2. The molecule has 14 heavy (non-hydrogen) atoms. The molecule has 0 aliphatic rings. The summed E-state index contributed by atoms with van der Waals surface area (Å²) < 4.78 is 15.1. The first-order chi connectivity index (χ1) is 6.60. The van der Waals surface area contributed by atoms with Crippen LogP contribution in [-0.2, 0) is 15.9 Å². The van der Waals surface area contributed by atoms with Crippen LogP contribution in [0.5, 0.6) is 0 Å². The van der Waals surface area contributed by atoms with Crippen LogP contribution in [0.4, 0.5) is 0 Å². The Hall–Kier alpha value is -0.840. The van der Waals surface area contributed by atoms with Gasteiger partial charge in [-0.25, -0.2) is 0 Å². The normalized spacial score (nSPS) is 15.8. The molecule has 0 saturated carbocycles. The molecule has 0 amide bonds. The van der Waals surface area contributed by atoms with Gasteiger partial charge in [0.15, 0.2) is 6.29 Å². The third kappa shape index (κ3) is 2.57. The molecule has 80 valence electrons. The van der Waals surface area contributed by atoms with E-state index >= 15 is 0 Å². The van der Waals surface area contributed by atoms with Crippen molar-refractivity contribution in [1.29, 1.82) is 0 Å². The molecule has 0 fully saturated rings. The van der Waals surface area contributed by atoms with Crippen molar-refractivity contribution in [3.63, 3.8) is 0 Å². The van der Waals surface area contributed by atoms with Crippen molar-refractivity contribution in [2.24, 2.45) is 0 Å². The highest BCUT2D eigenvalue weighted by Crippen LogP contribution is 2.19. The zero-order valence-corrected chi connectivity index (χ0v) is 8.69. The predicted molar refractivity (Wildman–Crippen MR) is 50.8 cm³/mol. The summed E-state index contributed by atoms with van der Waals surface area (Å²) in [5.74, 6) is 0.703. The molecule has 1 aromatic heterocycles. The Kier molecular flexibility index (Phi) is 3.69. The van der Waals surface area contributed by atoms with Gasteiger partial charge >= 0.3 is 0 Å². The van der Waals surface area contributed by atoms with E-state index in [4.69, 9.17) is 13.9 Å². The number of aliphatic hydroxyl groups is 1. The van der Waals surface area contributed by atoms with E-state index in [9.17, 15) is 5.11 Å². The minimum Gasteiger partial charge on any atom is -0.469 e. The van der Waals surface area contributed by atoms with E-state index < -0.39 is 11.9 Å². The predicted octanol–water partition coefficient (Wildman–Crippen LogP) is 1.19. The van der Waals surface area contributed by atoms with Crippen molar-refractivity contribution in [2.75, 3.05) is 14.2 Å². The van der Waals surface area contributed by atoms with Gasteiger partial charge in [-0.05, 0) is 19.1 Å². The molecular weight excluding hydrogens is 184 g/mol. The first-order valence-corrected chi connectivity index (χ1v) is 4.40. The van der Waals surface area contributed by atoms with Crippen LogP contribution in [0.15, 0.2) is 22.8 Å². The Balaban J connectivity index is 2.65. The Bertz CT molecular complexity index is 249. The van der Waals surface area contributed by atoms with Crippen LogP contribution in [0.1, 0.15) is 12.7 Å². The van der Waals surface area contributed by atoms with E-state index in [1.807, 2.05) is 0 Å². The average molecular weight is 200 g/mol. The zero-order valence-electron chi connectivity index (χ0n) is 8.69.